The molecule has 74 valence electrons. The summed E-state index contributed by atoms with van der Waals surface area (Å²) < 4.78 is 15.0. The van der Waals surface area contributed by atoms with Crippen LogP contribution < -0.4 is 9.47 Å². The zero-order valence-electron chi connectivity index (χ0n) is 7.99. The summed E-state index contributed by atoms with van der Waals surface area (Å²) in [6.45, 7) is 2.04. The molecule has 0 aromatic heterocycles. The number of esters is 1. The molecule has 0 saturated carbocycles. The molecule has 1 aromatic rings. The number of methoxy groups -OCH3 is 1. The highest BCUT2D eigenvalue weighted by Gasteiger charge is 2.19. The molecule has 0 radical (unpaired) electrons. The second-order valence-electron chi connectivity index (χ2n) is 3.01. The van der Waals surface area contributed by atoms with Crippen molar-refractivity contribution in [2.75, 3.05) is 13.9 Å². The molecule has 1 aromatic carbocycles. The summed E-state index contributed by atoms with van der Waals surface area (Å²) >= 11 is 0. The quantitative estimate of drug-likeness (QED) is 0.635. The van der Waals surface area contributed by atoms with Gasteiger partial charge >= 0.3 is 5.97 Å². The lowest BCUT2D eigenvalue weighted by molar-refractivity contribution is 0.0599. The lowest BCUT2D eigenvalue weighted by atomic mass is 10.1. The van der Waals surface area contributed by atoms with Gasteiger partial charge in [-0.3, -0.25) is 0 Å². The van der Waals surface area contributed by atoms with Crippen molar-refractivity contribution in [3.8, 4) is 11.5 Å². The first-order chi connectivity index (χ1) is 6.72. The highest BCUT2D eigenvalue weighted by molar-refractivity contribution is 5.91. The largest absolute Gasteiger partial charge is 0.465 e. The second kappa shape index (κ2) is 3.21. The fourth-order valence-corrected chi connectivity index (χ4v) is 1.37. The van der Waals surface area contributed by atoms with Crippen molar-refractivity contribution in [2.24, 2.45) is 0 Å². The molecular formula is C10H10O4. The monoisotopic (exact) mass is 194 g/mol. The number of hydrogen-bond acceptors (Lipinski definition) is 4. The number of aryl methyl sites for hydroxylation is 1. The van der Waals surface area contributed by atoms with E-state index in [2.05, 4.69) is 4.74 Å². The number of hydrogen-bond donors (Lipinski definition) is 0. The van der Waals surface area contributed by atoms with Gasteiger partial charge in [0.25, 0.3) is 0 Å². The van der Waals surface area contributed by atoms with Crippen molar-refractivity contribution in [2.45, 2.75) is 6.92 Å². The third-order valence-corrected chi connectivity index (χ3v) is 2.12. The molecule has 0 N–H and O–H groups in total. The van der Waals surface area contributed by atoms with Crippen molar-refractivity contribution >= 4 is 5.97 Å². The third kappa shape index (κ3) is 1.28. The van der Waals surface area contributed by atoms with Crippen molar-refractivity contribution in [3.05, 3.63) is 23.3 Å². The molecule has 2 rings (SSSR count). The van der Waals surface area contributed by atoms with Crippen LogP contribution in [0.4, 0.5) is 0 Å². The van der Waals surface area contributed by atoms with Crippen LogP contribution in [0.15, 0.2) is 12.1 Å². The molecule has 0 bridgehead atoms. The topological polar surface area (TPSA) is 44.8 Å². The first-order valence-electron chi connectivity index (χ1n) is 4.21. The Kier molecular flexibility index (Phi) is 2.04. The van der Waals surface area contributed by atoms with E-state index in [4.69, 9.17) is 9.47 Å². The molecule has 1 heterocycles. The van der Waals surface area contributed by atoms with Crippen LogP contribution in [-0.2, 0) is 4.74 Å². The van der Waals surface area contributed by atoms with Crippen LogP contribution in [0.25, 0.3) is 0 Å². The zero-order valence-corrected chi connectivity index (χ0v) is 7.99. The van der Waals surface area contributed by atoms with Gasteiger partial charge in [-0.05, 0) is 24.6 Å². The van der Waals surface area contributed by atoms with Crippen LogP contribution in [0.1, 0.15) is 15.9 Å². The Morgan fingerprint density at radius 3 is 2.64 bits per heavy atom. The van der Waals surface area contributed by atoms with Gasteiger partial charge in [0.15, 0.2) is 11.5 Å². The molecule has 0 aliphatic carbocycles. The molecule has 4 heteroatoms. The van der Waals surface area contributed by atoms with Gasteiger partial charge in [0, 0.05) is 0 Å². The number of carbonyl (C=O) groups is 1. The number of benzene rings is 1. The van der Waals surface area contributed by atoms with E-state index in [1.807, 2.05) is 6.92 Å². The van der Waals surface area contributed by atoms with E-state index in [1.54, 1.807) is 12.1 Å². The minimum absolute atomic E-state index is 0.208. The average molecular weight is 194 g/mol. The van der Waals surface area contributed by atoms with Crippen molar-refractivity contribution in [3.63, 3.8) is 0 Å². The highest BCUT2D eigenvalue weighted by atomic mass is 16.7. The first-order valence-corrected chi connectivity index (χ1v) is 4.21. The predicted molar refractivity (Wildman–Crippen MR) is 48.6 cm³/mol. The molecule has 14 heavy (non-hydrogen) atoms. The van der Waals surface area contributed by atoms with E-state index in [9.17, 15) is 4.79 Å². The molecule has 1 aliphatic heterocycles. The van der Waals surface area contributed by atoms with E-state index < -0.39 is 0 Å². The smallest absolute Gasteiger partial charge is 0.338 e. The second-order valence-corrected chi connectivity index (χ2v) is 3.01. The van der Waals surface area contributed by atoms with Gasteiger partial charge in [0.1, 0.15) is 0 Å². The first kappa shape index (κ1) is 8.87. The van der Waals surface area contributed by atoms with Crippen molar-refractivity contribution < 1.29 is 19.0 Å². The molecule has 1 aliphatic rings. The van der Waals surface area contributed by atoms with Crippen molar-refractivity contribution in [1.29, 1.82) is 0 Å². The van der Waals surface area contributed by atoms with E-state index in [-0.39, 0.29) is 12.8 Å². The van der Waals surface area contributed by atoms with Crippen LogP contribution >= 0.6 is 0 Å². The standard InChI is InChI=1S/C10H10O4/c1-6-3-8-9(14-5-13-8)4-7(6)10(11)12-2/h3-4H,5H2,1-2H3. The number of rotatable bonds is 1. The maximum atomic E-state index is 11.3. The molecular weight excluding hydrogens is 184 g/mol. The van der Waals surface area contributed by atoms with Gasteiger partial charge in [-0.25, -0.2) is 4.79 Å². The van der Waals surface area contributed by atoms with E-state index in [0.29, 0.717) is 17.1 Å². The highest BCUT2D eigenvalue weighted by Crippen LogP contribution is 2.34. The number of ether oxygens (including phenoxy) is 3. The normalized spacial score (nSPS) is 12.7. The Balaban J connectivity index is 2.47. The Bertz CT molecular complexity index is 384. The summed E-state index contributed by atoms with van der Waals surface area (Å²) in [5.74, 6) is 0.909. The number of carbonyl (C=O) groups excluding carboxylic acids is 1. The third-order valence-electron chi connectivity index (χ3n) is 2.12. The minimum Gasteiger partial charge on any atom is -0.465 e. The SMILES string of the molecule is COC(=O)c1cc2c(cc1C)OCO2. The number of fused-ring (bicyclic) bond motifs is 1. The molecule has 0 amide bonds. The van der Waals surface area contributed by atoms with Gasteiger partial charge in [0.2, 0.25) is 6.79 Å². The lowest BCUT2D eigenvalue weighted by Crippen LogP contribution is -2.03. The maximum Gasteiger partial charge on any atom is 0.338 e. The Labute approximate surface area is 81.4 Å². The van der Waals surface area contributed by atoms with Gasteiger partial charge in [-0.15, -0.1) is 0 Å². The molecule has 0 fully saturated rings. The Morgan fingerprint density at radius 1 is 1.36 bits per heavy atom. The summed E-state index contributed by atoms with van der Waals surface area (Å²) in [4.78, 5) is 11.3. The van der Waals surface area contributed by atoms with Crippen LogP contribution in [0, 0.1) is 6.92 Å². The van der Waals surface area contributed by atoms with Crippen LogP contribution in [0.3, 0.4) is 0 Å². The van der Waals surface area contributed by atoms with Gasteiger partial charge in [-0.2, -0.15) is 0 Å². The molecule has 0 spiro atoms. The summed E-state index contributed by atoms with van der Waals surface area (Å²) in [6.07, 6.45) is 0. The molecule has 4 nitrogen and oxygen atoms in total. The van der Waals surface area contributed by atoms with Crippen LogP contribution in [-0.4, -0.2) is 19.9 Å². The summed E-state index contributed by atoms with van der Waals surface area (Å²) in [5.41, 5.74) is 1.33. The minimum atomic E-state index is -0.360. The fourth-order valence-electron chi connectivity index (χ4n) is 1.37. The van der Waals surface area contributed by atoms with Crippen LogP contribution in [0.5, 0.6) is 11.5 Å². The molecule has 0 saturated heterocycles. The van der Waals surface area contributed by atoms with Crippen molar-refractivity contribution in [1.82, 2.24) is 0 Å². The summed E-state index contributed by atoms with van der Waals surface area (Å²) in [5, 5.41) is 0. The maximum absolute atomic E-state index is 11.3. The van der Waals surface area contributed by atoms with E-state index >= 15 is 0 Å². The Morgan fingerprint density at radius 2 is 2.00 bits per heavy atom. The summed E-state index contributed by atoms with van der Waals surface area (Å²) in [7, 11) is 1.35. The van der Waals surface area contributed by atoms with Crippen LogP contribution in [0.2, 0.25) is 0 Å². The van der Waals surface area contributed by atoms with Gasteiger partial charge in [-0.1, -0.05) is 0 Å². The average Bonchev–Trinajstić information content (AvgIpc) is 2.62. The van der Waals surface area contributed by atoms with Gasteiger partial charge < -0.3 is 14.2 Å². The molecule has 0 atom stereocenters. The fraction of sp³-hybridized carbons (Fsp3) is 0.300. The lowest BCUT2D eigenvalue weighted by Gasteiger charge is -2.04. The summed E-state index contributed by atoms with van der Waals surface area (Å²) in [6, 6.07) is 3.41. The Hall–Kier alpha value is -1.71. The molecule has 0 unspecified atom stereocenters. The van der Waals surface area contributed by atoms with E-state index in [1.165, 1.54) is 7.11 Å². The zero-order chi connectivity index (χ0) is 10.1. The van der Waals surface area contributed by atoms with E-state index in [0.717, 1.165) is 5.56 Å². The van der Waals surface area contributed by atoms with Gasteiger partial charge in [0.05, 0.1) is 12.7 Å². The predicted octanol–water partition coefficient (Wildman–Crippen LogP) is 1.51.